The van der Waals surface area contributed by atoms with Crippen LogP contribution >= 0.6 is 0 Å². The Kier molecular flexibility index (Phi) is 18.1. The molecule has 0 bridgehead atoms. The first-order chi connectivity index (χ1) is 27.4. The molecule has 12 unspecified atom stereocenters. The predicted molar refractivity (Wildman–Crippen MR) is 176 cm³/mol. The number of carboxylic acids is 2. The zero-order valence-electron chi connectivity index (χ0n) is 31.1. The molecule has 4 saturated heterocycles. The molecule has 4 aliphatic heterocycles. The second-order valence-corrected chi connectivity index (χ2v) is 14.9. The summed E-state index contributed by atoms with van der Waals surface area (Å²) in [6.45, 7) is 0.130. The Labute approximate surface area is 340 Å². The van der Waals surface area contributed by atoms with Crippen molar-refractivity contribution >= 4 is 23.8 Å². The summed E-state index contributed by atoms with van der Waals surface area (Å²) in [6.07, 6.45) is -33.7. The molecule has 0 spiro atoms. The van der Waals surface area contributed by atoms with Gasteiger partial charge in [-0.05, 0) is 0 Å². The number of alkyl halides is 1. The van der Waals surface area contributed by atoms with Crippen molar-refractivity contribution < 1.29 is 133 Å². The van der Waals surface area contributed by atoms with Gasteiger partial charge in [-0.25, -0.2) is 4.79 Å². The van der Waals surface area contributed by atoms with Crippen molar-refractivity contribution in [1.29, 1.82) is 0 Å². The van der Waals surface area contributed by atoms with Gasteiger partial charge >= 0.3 is 188 Å². The van der Waals surface area contributed by atoms with Gasteiger partial charge in [0.2, 0.25) is 5.91 Å². The van der Waals surface area contributed by atoms with E-state index in [4.69, 9.17) is 46.7 Å². The van der Waals surface area contributed by atoms with Gasteiger partial charge in [-0.15, -0.1) is 0 Å². The SMILES string of the molecule is C[I-]O[C@@H]1C(CO)O[C@H](O[C@@H]2C(C(=O)O)O[C@@H](O[C@@H]3C(CO)O[C@H](O[C@@H]4C(C(=O)O)O[C@@H](OCCN)C(O)C4O)C(NC(C)=O)C3O)C(O)C2O)C(NC(C)=O)C1O. The Morgan fingerprint density at radius 3 is 1.43 bits per heavy atom. The predicted octanol–water partition coefficient (Wildman–Crippen LogP) is -11.6. The van der Waals surface area contributed by atoms with Crippen molar-refractivity contribution in [2.24, 2.45) is 5.73 Å². The number of nitrogens with one attached hydrogen (secondary N) is 2. The van der Waals surface area contributed by atoms with E-state index in [0.29, 0.717) is 0 Å². The summed E-state index contributed by atoms with van der Waals surface area (Å²) in [5.41, 5.74) is 5.38. The molecule has 2 amide bonds. The molecule has 4 rings (SSSR count). The summed E-state index contributed by atoms with van der Waals surface area (Å²) >= 11 is -0.940. The van der Waals surface area contributed by atoms with E-state index >= 15 is 0 Å². The fourth-order valence-corrected chi connectivity index (χ4v) is 8.01. The van der Waals surface area contributed by atoms with Crippen LogP contribution in [0.2, 0.25) is 0 Å². The molecule has 0 aliphatic carbocycles. The normalized spacial score (nSPS) is 43.4. The number of nitrogens with two attached hydrogens (primary N) is 1. The van der Waals surface area contributed by atoms with Gasteiger partial charge in [0.05, 0.1) is 13.2 Å². The van der Waals surface area contributed by atoms with Crippen molar-refractivity contribution in [2.75, 3.05) is 31.3 Å². The number of rotatable bonds is 17. The van der Waals surface area contributed by atoms with Crippen LogP contribution in [0.25, 0.3) is 0 Å². The number of carbonyl (C=O) groups excluding carboxylic acids is 2. The molecule has 4 aliphatic rings. The molecule has 0 radical (unpaired) electrons. The average molecular weight is 961 g/mol. The Morgan fingerprint density at radius 1 is 0.603 bits per heavy atom. The number of amides is 2. The Balaban J connectivity index is 1.56. The Hall–Kier alpha value is -2.11. The van der Waals surface area contributed by atoms with E-state index in [-0.39, 0.29) is 13.2 Å². The first-order valence-electron chi connectivity index (χ1n) is 17.8. The molecular weight excluding hydrogens is 909 g/mol. The van der Waals surface area contributed by atoms with Crippen LogP contribution in [0.1, 0.15) is 13.8 Å². The van der Waals surface area contributed by atoms with E-state index in [1.807, 2.05) is 0 Å². The minimum atomic E-state index is -2.22. The molecule has 58 heavy (non-hydrogen) atoms. The summed E-state index contributed by atoms with van der Waals surface area (Å²) in [7, 11) is 0. The van der Waals surface area contributed by atoms with E-state index in [0.717, 1.165) is 13.8 Å². The first-order valence-corrected chi connectivity index (χ1v) is 20.8. The van der Waals surface area contributed by atoms with Crippen LogP contribution in [0.4, 0.5) is 0 Å². The number of aliphatic hydroxyl groups excluding tert-OH is 8. The monoisotopic (exact) mass is 960 g/mol. The van der Waals surface area contributed by atoms with Crippen LogP contribution in [0, 0.1) is 0 Å². The van der Waals surface area contributed by atoms with Crippen LogP contribution in [-0.4, -0.2) is 229 Å². The summed E-state index contributed by atoms with van der Waals surface area (Å²) in [4.78, 5) is 50.7. The molecule has 20 atom stereocenters. The van der Waals surface area contributed by atoms with Crippen molar-refractivity contribution in [3.8, 4) is 0 Å². The molecule has 336 valence electrons. The summed E-state index contributed by atoms with van der Waals surface area (Å²) in [5.74, 6) is -5.00. The number of hydrogen-bond acceptors (Lipinski definition) is 22. The summed E-state index contributed by atoms with van der Waals surface area (Å²) in [6, 6.07) is -3.19. The maximum atomic E-state index is 12.5. The van der Waals surface area contributed by atoms with Gasteiger partial charge in [0.1, 0.15) is 36.6 Å². The molecule has 4 fully saturated rings. The van der Waals surface area contributed by atoms with E-state index in [2.05, 4.69) is 10.6 Å². The summed E-state index contributed by atoms with van der Waals surface area (Å²) in [5, 5.41) is 111. The van der Waals surface area contributed by atoms with Crippen LogP contribution < -0.4 is 38.0 Å². The quantitative estimate of drug-likeness (QED) is 0.0475. The van der Waals surface area contributed by atoms with E-state index in [1.54, 1.807) is 4.93 Å². The van der Waals surface area contributed by atoms with Gasteiger partial charge in [0.25, 0.3) is 0 Å². The fraction of sp³-hybridized carbons (Fsp3) is 0.871. The molecule has 0 saturated carbocycles. The summed E-state index contributed by atoms with van der Waals surface area (Å²) < 4.78 is 50.1. The van der Waals surface area contributed by atoms with Crippen LogP contribution in [0.5, 0.6) is 0 Å². The first kappa shape index (κ1) is 48.6. The fourth-order valence-electron chi connectivity index (χ4n) is 6.80. The molecule has 27 heteroatoms. The van der Waals surface area contributed by atoms with Crippen molar-refractivity contribution in [2.45, 2.75) is 137 Å². The number of carboxylic acid groups (broad SMARTS) is 2. The average Bonchev–Trinajstić information content (AvgIpc) is 3.16. The molecule has 4 heterocycles. The van der Waals surface area contributed by atoms with Gasteiger partial charge in [0, 0.05) is 13.5 Å². The molecule has 0 aromatic rings. The van der Waals surface area contributed by atoms with Gasteiger partial charge in [-0.1, -0.05) is 0 Å². The number of hydrogen-bond donors (Lipinski definition) is 13. The van der Waals surface area contributed by atoms with Gasteiger partial charge in [-0.2, -0.15) is 0 Å². The van der Waals surface area contributed by atoms with Crippen LogP contribution in [0.3, 0.4) is 0 Å². The third kappa shape index (κ3) is 11.0. The van der Waals surface area contributed by atoms with E-state index < -0.39 is 181 Å². The van der Waals surface area contributed by atoms with Crippen molar-refractivity contribution in [3.05, 3.63) is 0 Å². The van der Waals surface area contributed by atoms with Gasteiger partial charge in [-0.3, -0.25) is 4.79 Å². The Morgan fingerprint density at radius 2 is 1.02 bits per heavy atom. The topological polar surface area (TPSA) is 404 Å². The van der Waals surface area contributed by atoms with Crippen LogP contribution in [-0.2, 0) is 60.1 Å². The van der Waals surface area contributed by atoms with Crippen LogP contribution in [0.15, 0.2) is 0 Å². The molecule has 0 aromatic heterocycles. The number of ether oxygens (including phenoxy) is 8. The third-order valence-corrected chi connectivity index (χ3v) is 10.6. The minimum absolute atomic E-state index is 0.0470. The third-order valence-electron chi connectivity index (χ3n) is 9.49. The number of carbonyl (C=O) groups is 4. The number of aliphatic hydroxyl groups is 8. The molecule has 0 aromatic carbocycles. The second-order valence-electron chi connectivity index (χ2n) is 13.5. The van der Waals surface area contributed by atoms with Crippen molar-refractivity contribution in [3.63, 3.8) is 0 Å². The maximum absolute atomic E-state index is 12.5. The second kappa shape index (κ2) is 21.6. The van der Waals surface area contributed by atoms with Gasteiger partial charge in [0.15, 0.2) is 18.7 Å². The van der Waals surface area contributed by atoms with E-state index in [9.17, 15) is 70.2 Å². The molecule has 26 nitrogen and oxygen atoms in total. The van der Waals surface area contributed by atoms with E-state index in [1.165, 1.54) is 0 Å². The number of aliphatic carboxylic acids is 2. The standard InChI is InChI=1S/C31H51IN3O23/c1-8(38)34-12-14(40)20(10(6-36)51-28(12)54-22-16(42)18(44)30(50-5-4-33)56-24(22)26(46)47)53-31-19(45)17(43)23(25(57-31)27(48)49)55-29-13(35-9(2)39)15(41)21(58-32-3)11(7-37)52-29/h10-25,28-31,36-37,40-45H,4-7,33H2,1-3H3,(H,34,38)(H,35,39)(H,46,47)(H,48,49)/q-1/t10?,11?,12?,13?,14?,15?,16?,17?,18?,19?,20-,21-,22+,23+,24?,25?,28-,29-,30-,31-/m1/s1. The van der Waals surface area contributed by atoms with Crippen molar-refractivity contribution in [1.82, 2.24) is 10.6 Å². The number of halogens is 1. The zero-order chi connectivity index (χ0) is 43.2. The van der Waals surface area contributed by atoms with Gasteiger partial charge < -0.3 is 55.5 Å². The molecular formula is C31H51IN3O23-. The zero-order valence-corrected chi connectivity index (χ0v) is 33.3. The Bertz CT molecular complexity index is 1390. The molecule has 14 N–H and O–H groups in total.